The number of thiazole rings is 1. The maximum absolute atomic E-state index is 12.8. The highest BCUT2D eigenvalue weighted by Crippen LogP contribution is 2.27. The van der Waals surface area contributed by atoms with Crippen LogP contribution in [0.25, 0.3) is 21.8 Å². The third kappa shape index (κ3) is 6.11. The van der Waals surface area contributed by atoms with Crippen LogP contribution in [0.15, 0.2) is 66.0 Å². The van der Waals surface area contributed by atoms with Gasteiger partial charge in [-0.1, -0.05) is 0 Å². The molecule has 1 aliphatic heterocycles. The van der Waals surface area contributed by atoms with Crippen molar-refractivity contribution in [2.75, 3.05) is 38.8 Å². The predicted molar refractivity (Wildman–Crippen MR) is 150 cm³/mol. The van der Waals surface area contributed by atoms with Crippen LogP contribution >= 0.6 is 11.3 Å². The second-order valence-corrected chi connectivity index (χ2v) is 10.0. The minimum Gasteiger partial charge on any atom is -0.497 e. The lowest BCUT2D eigenvalue weighted by atomic mass is 9.96. The zero-order valence-electron chi connectivity index (χ0n) is 21.6. The summed E-state index contributed by atoms with van der Waals surface area (Å²) in [7, 11) is 3.31. The first-order valence-corrected chi connectivity index (χ1v) is 13.6. The molecule has 2 aromatic heterocycles. The highest BCUT2D eigenvalue weighted by Gasteiger charge is 2.25. The zero-order chi connectivity index (χ0) is 26.3. The lowest BCUT2D eigenvalue weighted by molar-refractivity contribution is -0.125. The van der Waals surface area contributed by atoms with Crippen LogP contribution in [0.3, 0.4) is 0 Å². The molecular formula is C29H31N5O3S. The summed E-state index contributed by atoms with van der Waals surface area (Å²) in [5, 5.41) is 15.0. The Morgan fingerprint density at radius 2 is 1.58 bits per heavy atom. The van der Waals surface area contributed by atoms with E-state index in [0.717, 1.165) is 70.8 Å². The second kappa shape index (κ2) is 12.0. The van der Waals surface area contributed by atoms with Gasteiger partial charge in [0.1, 0.15) is 16.5 Å². The summed E-state index contributed by atoms with van der Waals surface area (Å²) in [6.45, 7) is 2.15. The molecule has 0 saturated carbocycles. The largest absolute Gasteiger partial charge is 0.497 e. The van der Waals surface area contributed by atoms with Gasteiger partial charge in [-0.2, -0.15) is 0 Å². The number of benzene rings is 2. The Labute approximate surface area is 226 Å². The van der Waals surface area contributed by atoms with Crippen molar-refractivity contribution >= 4 is 23.1 Å². The van der Waals surface area contributed by atoms with Crippen molar-refractivity contribution in [3.63, 3.8) is 0 Å². The first kappa shape index (κ1) is 25.7. The Hall–Kier alpha value is -3.98. The van der Waals surface area contributed by atoms with Crippen LogP contribution in [0, 0.1) is 5.92 Å². The van der Waals surface area contributed by atoms with Gasteiger partial charge >= 0.3 is 0 Å². The number of anilines is 1. The van der Waals surface area contributed by atoms with Gasteiger partial charge in [-0.25, -0.2) is 4.98 Å². The summed E-state index contributed by atoms with van der Waals surface area (Å²) in [5.41, 5.74) is 3.88. The molecule has 1 amide bonds. The van der Waals surface area contributed by atoms with E-state index in [1.807, 2.05) is 60.7 Å². The minimum atomic E-state index is 0.0167. The summed E-state index contributed by atoms with van der Waals surface area (Å²) in [6, 6.07) is 19.7. The molecule has 1 N–H and O–H groups in total. The Kier molecular flexibility index (Phi) is 8.13. The first-order valence-electron chi connectivity index (χ1n) is 12.7. The summed E-state index contributed by atoms with van der Waals surface area (Å²) in [4.78, 5) is 19.7. The van der Waals surface area contributed by atoms with Crippen molar-refractivity contribution in [1.29, 1.82) is 0 Å². The number of rotatable bonds is 9. The maximum atomic E-state index is 12.8. The van der Waals surface area contributed by atoms with E-state index in [1.165, 1.54) is 0 Å². The van der Waals surface area contributed by atoms with E-state index < -0.39 is 0 Å². The molecule has 0 radical (unpaired) electrons. The van der Waals surface area contributed by atoms with Gasteiger partial charge in [0.05, 0.1) is 25.6 Å². The van der Waals surface area contributed by atoms with Gasteiger partial charge in [0, 0.05) is 48.5 Å². The van der Waals surface area contributed by atoms with Crippen molar-refractivity contribution < 1.29 is 14.3 Å². The van der Waals surface area contributed by atoms with Gasteiger partial charge in [-0.3, -0.25) is 4.79 Å². The Bertz CT molecular complexity index is 1330. The van der Waals surface area contributed by atoms with Gasteiger partial charge in [0.2, 0.25) is 5.91 Å². The smallest absolute Gasteiger partial charge is 0.223 e. The van der Waals surface area contributed by atoms with E-state index >= 15 is 0 Å². The van der Waals surface area contributed by atoms with Crippen LogP contribution in [0.2, 0.25) is 0 Å². The molecular weight excluding hydrogens is 498 g/mol. The van der Waals surface area contributed by atoms with Gasteiger partial charge in [0.15, 0.2) is 5.82 Å². The van der Waals surface area contributed by atoms with Crippen molar-refractivity contribution in [1.82, 2.24) is 20.5 Å². The van der Waals surface area contributed by atoms with Gasteiger partial charge in [-0.15, -0.1) is 21.5 Å². The normalized spacial score (nSPS) is 13.8. The number of nitrogens with one attached hydrogen (secondary N) is 1. The summed E-state index contributed by atoms with van der Waals surface area (Å²) < 4.78 is 10.4. The molecule has 1 aliphatic rings. The van der Waals surface area contributed by atoms with E-state index in [-0.39, 0.29) is 11.8 Å². The summed E-state index contributed by atoms with van der Waals surface area (Å²) in [5.74, 6) is 2.62. The predicted octanol–water partition coefficient (Wildman–Crippen LogP) is 4.86. The molecule has 38 heavy (non-hydrogen) atoms. The van der Waals surface area contributed by atoms with Crippen molar-refractivity contribution in [2.24, 2.45) is 5.92 Å². The molecule has 8 nitrogen and oxygen atoms in total. The zero-order valence-corrected chi connectivity index (χ0v) is 22.4. The van der Waals surface area contributed by atoms with Gasteiger partial charge in [-0.05, 0) is 73.5 Å². The fraction of sp³-hybridized carbons (Fsp3) is 0.310. The van der Waals surface area contributed by atoms with Crippen molar-refractivity contribution in [3.8, 4) is 33.3 Å². The molecule has 0 spiro atoms. The lowest BCUT2D eigenvalue weighted by Crippen LogP contribution is -2.41. The van der Waals surface area contributed by atoms with Gasteiger partial charge < -0.3 is 19.7 Å². The van der Waals surface area contributed by atoms with E-state index in [0.29, 0.717) is 13.0 Å². The minimum absolute atomic E-state index is 0.0167. The number of methoxy groups -OCH3 is 2. The Morgan fingerprint density at radius 3 is 2.18 bits per heavy atom. The third-order valence-electron chi connectivity index (χ3n) is 6.80. The Morgan fingerprint density at radius 1 is 0.921 bits per heavy atom. The number of carbonyl (C=O) groups excluding carboxylic acids is 1. The van der Waals surface area contributed by atoms with E-state index in [2.05, 4.69) is 25.8 Å². The van der Waals surface area contributed by atoms with Crippen molar-refractivity contribution in [2.45, 2.75) is 19.3 Å². The quantitative estimate of drug-likeness (QED) is 0.331. The fourth-order valence-corrected chi connectivity index (χ4v) is 5.39. The molecule has 1 saturated heterocycles. The SMILES string of the molecule is COc1ccc(-c2ccc(N3CCC(C(=O)NCCc4csc(-c5ccc(OC)cc5)n4)CC3)nn2)cc1. The average Bonchev–Trinajstić information content (AvgIpc) is 3.46. The monoisotopic (exact) mass is 529 g/mol. The molecule has 5 rings (SSSR count). The number of hydrogen-bond donors (Lipinski definition) is 1. The number of aromatic nitrogens is 3. The number of carbonyl (C=O) groups is 1. The van der Waals surface area contributed by atoms with E-state index in [9.17, 15) is 4.79 Å². The molecule has 9 heteroatoms. The molecule has 0 bridgehead atoms. The van der Waals surface area contributed by atoms with Crippen molar-refractivity contribution in [3.05, 3.63) is 71.7 Å². The molecule has 1 fully saturated rings. The standard InChI is InChI=1S/C29H31N5O3S/c1-36-24-7-3-20(4-8-24)26-11-12-27(33-32-26)34-17-14-21(15-18-34)28(35)30-16-13-23-19-38-29(31-23)22-5-9-25(37-2)10-6-22/h3-12,19,21H,13-18H2,1-2H3,(H,30,35). The molecule has 196 valence electrons. The number of hydrogen-bond acceptors (Lipinski definition) is 8. The van der Waals surface area contributed by atoms with Crippen LogP contribution in [-0.2, 0) is 11.2 Å². The van der Waals surface area contributed by atoms with Crippen LogP contribution in [-0.4, -0.2) is 54.9 Å². The Balaban J connectivity index is 1.06. The van der Waals surface area contributed by atoms with Crippen LogP contribution in [0.5, 0.6) is 11.5 Å². The molecule has 0 unspecified atom stereocenters. The number of nitrogens with zero attached hydrogens (tertiary/aromatic N) is 4. The molecule has 0 aliphatic carbocycles. The van der Waals surface area contributed by atoms with Gasteiger partial charge in [0.25, 0.3) is 0 Å². The molecule has 4 aromatic rings. The van der Waals surface area contributed by atoms with E-state index in [1.54, 1.807) is 25.6 Å². The molecule has 3 heterocycles. The molecule has 2 aromatic carbocycles. The maximum Gasteiger partial charge on any atom is 0.223 e. The third-order valence-corrected chi connectivity index (χ3v) is 7.74. The van der Waals surface area contributed by atoms with Crippen LogP contribution < -0.4 is 19.7 Å². The van der Waals surface area contributed by atoms with Crippen LogP contribution in [0.1, 0.15) is 18.5 Å². The molecule has 0 atom stereocenters. The number of amides is 1. The van der Waals surface area contributed by atoms with Crippen LogP contribution in [0.4, 0.5) is 5.82 Å². The number of ether oxygens (including phenoxy) is 2. The highest BCUT2D eigenvalue weighted by molar-refractivity contribution is 7.13. The first-order chi connectivity index (χ1) is 18.6. The van der Waals surface area contributed by atoms with E-state index in [4.69, 9.17) is 14.5 Å². The second-order valence-electron chi connectivity index (χ2n) is 9.18. The number of piperidine rings is 1. The topological polar surface area (TPSA) is 89.5 Å². The fourth-order valence-electron chi connectivity index (χ4n) is 4.53. The summed E-state index contributed by atoms with van der Waals surface area (Å²) >= 11 is 1.62. The lowest BCUT2D eigenvalue weighted by Gasteiger charge is -2.31. The summed E-state index contributed by atoms with van der Waals surface area (Å²) in [6.07, 6.45) is 2.31. The highest BCUT2D eigenvalue weighted by atomic mass is 32.1. The average molecular weight is 530 g/mol.